The summed E-state index contributed by atoms with van der Waals surface area (Å²) in [4.78, 5) is 0. The maximum absolute atomic E-state index is 3.90. The molecule has 0 fully saturated rings. The predicted octanol–water partition coefficient (Wildman–Crippen LogP) is 0.966. The number of hydrogen-bond donors (Lipinski definition) is 0. The van der Waals surface area contributed by atoms with Crippen LogP contribution in [0.15, 0.2) is 22.8 Å². The Hall–Kier alpha value is -0.298. The molecule has 0 amide bonds. The Bertz CT molecular complexity index is 200. The van der Waals surface area contributed by atoms with Crippen LogP contribution >= 0.6 is 0 Å². The molecule has 0 aromatic heterocycles. The third kappa shape index (κ3) is 1.10. The van der Waals surface area contributed by atoms with E-state index in [1.54, 1.807) is 0 Å². The van der Waals surface area contributed by atoms with Crippen LogP contribution in [0.4, 0.5) is 0 Å². The zero-order chi connectivity index (χ0) is 5.98. The molecule has 1 aliphatic rings. The van der Waals surface area contributed by atoms with Gasteiger partial charge < -0.3 is 0 Å². The normalized spacial score (nSPS) is 23.6. The van der Waals surface area contributed by atoms with E-state index in [4.69, 9.17) is 0 Å². The summed E-state index contributed by atoms with van der Waals surface area (Å²) in [6, 6.07) is 0. The summed E-state index contributed by atoms with van der Waals surface area (Å²) in [6.07, 6.45) is 2.01. The van der Waals surface area contributed by atoms with Crippen molar-refractivity contribution >= 4 is 19.3 Å². The fourth-order valence-corrected chi connectivity index (χ4v) is 1.27. The summed E-state index contributed by atoms with van der Waals surface area (Å²) >= 11 is 0.234. The molecule has 0 radical (unpaired) electrons. The molecule has 1 rings (SSSR count). The number of hydrogen-bond acceptors (Lipinski definition) is 0. The fraction of sp³-hybridized carbons (Fsp3) is 0.286. The zero-order valence-corrected chi connectivity index (χ0v) is 6.09. The Kier molecular flexibility index (Phi) is 1.69. The van der Waals surface area contributed by atoms with Crippen molar-refractivity contribution in [1.29, 1.82) is 0 Å². The molecule has 0 aliphatic carbocycles. The van der Waals surface area contributed by atoms with Crippen molar-refractivity contribution in [3.8, 4) is 0 Å². The van der Waals surface area contributed by atoms with Crippen LogP contribution in [0.5, 0.6) is 0 Å². The van der Waals surface area contributed by atoms with Gasteiger partial charge in [0.2, 0.25) is 0 Å². The monoisotopic (exact) mass is 118 g/mol. The average molecular weight is 118 g/mol. The van der Waals surface area contributed by atoms with Gasteiger partial charge in [-0.25, -0.2) is 0 Å². The molecule has 38 valence electrons. The van der Waals surface area contributed by atoms with Crippen LogP contribution in [0.1, 0.15) is 6.92 Å². The molecule has 0 N–H and O–H groups in total. The molecular formula is C7H7Al. The molecule has 0 aromatic rings. The second-order valence-electron chi connectivity index (χ2n) is 1.96. The van der Waals surface area contributed by atoms with Gasteiger partial charge in [-0.05, 0) is 0 Å². The Labute approximate surface area is 55.5 Å². The summed E-state index contributed by atoms with van der Waals surface area (Å²) < 4.78 is 4.37. The van der Waals surface area contributed by atoms with E-state index in [0.29, 0.717) is 5.92 Å². The first-order valence-electron chi connectivity index (χ1n) is 2.67. The van der Waals surface area contributed by atoms with Gasteiger partial charge in [-0.1, -0.05) is 0 Å². The van der Waals surface area contributed by atoms with Gasteiger partial charge >= 0.3 is 55.0 Å². The molecule has 1 heteroatoms. The maximum atomic E-state index is 3.90. The molecular weight excluding hydrogens is 111 g/mol. The first kappa shape index (κ1) is 5.83. The fourth-order valence-electron chi connectivity index (χ4n) is 0.546. The predicted molar refractivity (Wildman–Crippen MR) is 37.1 cm³/mol. The molecule has 0 nitrogen and oxygen atoms in total. The Morgan fingerprint density at radius 3 is 3.00 bits per heavy atom. The van der Waals surface area contributed by atoms with Crippen molar-refractivity contribution in [3.63, 3.8) is 0 Å². The Balaban J connectivity index is 2.99. The van der Waals surface area contributed by atoms with Crippen LogP contribution in [0.25, 0.3) is 0 Å². The van der Waals surface area contributed by atoms with Gasteiger partial charge in [0.15, 0.2) is 0 Å². The van der Waals surface area contributed by atoms with Gasteiger partial charge in [0.05, 0.1) is 0 Å². The molecule has 0 saturated heterocycles. The molecule has 1 heterocycles. The van der Waals surface area contributed by atoms with E-state index in [2.05, 4.69) is 23.8 Å². The van der Waals surface area contributed by atoms with Crippen LogP contribution in [0.2, 0.25) is 0 Å². The van der Waals surface area contributed by atoms with Crippen molar-refractivity contribution in [3.05, 3.63) is 22.8 Å². The van der Waals surface area contributed by atoms with Crippen molar-refractivity contribution in [2.24, 2.45) is 5.92 Å². The van der Waals surface area contributed by atoms with Crippen molar-refractivity contribution in [1.82, 2.24) is 0 Å². The van der Waals surface area contributed by atoms with Gasteiger partial charge in [0, 0.05) is 0 Å². The third-order valence-electron chi connectivity index (χ3n) is 1.26. The molecule has 0 aromatic carbocycles. The summed E-state index contributed by atoms with van der Waals surface area (Å²) in [5.41, 5.74) is 2.97. The minimum absolute atomic E-state index is 0.234. The molecule has 0 bridgehead atoms. The summed E-state index contributed by atoms with van der Waals surface area (Å²) in [6.45, 7) is 6.04. The quantitative estimate of drug-likeness (QED) is 0.328. The number of rotatable bonds is 0. The SMILES string of the molecule is C=[C]1[Al]=[C]=C=CC1C. The first-order valence-corrected chi connectivity index (χ1v) is 3.82. The van der Waals surface area contributed by atoms with Crippen molar-refractivity contribution in [2.75, 3.05) is 0 Å². The molecule has 1 unspecified atom stereocenters. The van der Waals surface area contributed by atoms with E-state index < -0.39 is 0 Å². The van der Waals surface area contributed by atoms with Crippen molar-refractivity contribution in [2.45, 2.75) is 6.92 Å². The summed E-state index contributed by atoms with van der Waals surface area (Å²) in [7, 11) is 0. The molecule has 0 spiro atoms. The zero-order valence-electron chi connectivity index (χ0n) is 4.94. The van der Waals surface area contributed by atoms with Crippen LogP contribution in [0.3, 0.4) is 0 Å². The second-order valence-corrected chi connectivity index (χ2v) is 3.28. The van der Waals surface area contributed by atoms with Crippen LogP contribution in [-0.2, 0) is 0 Å². The molecule has 0 saturated carbocycles. The molecule has 1 atom stereocenters. The van der Waals surface area contributed by atoms with Gasteiger partial charge in [-0.2, -0.15) is 0 Å². The van der Waals surface area contributed by atoms with E-state index in [0.717, 1.165) is 0 Å². The van der Waals surface area contributed by atoms with Gasteiger partial charge in [0.1, 0.15) is 0 Å². The van der Waals surface area contributed by atoms with E-state index in [9.17, 15) is 0 Å². The van der Waals surface area contributed by atoms with Crippen LogP contribution < -0.4 is 0 Å². The van der Waals surface area contributed by atoms with E-state index in [-0.39, 0.29) is 14.8 Å². The van der Waals surface area contributed by atoms with E-state index in [1.165, 1.54) is 4.44 Å². The van der Waals surface area contributed by atoms with Gasteiger partial charge in [0.25, 0.3) is 0 Å². The summed E-state index contributed by atoms with van der Waals surface area (Å²) in [5, 5.41) is 0. The first-order chi connectivity index (χ1) is 3.80. The number of allylic oxidation sites excluding steroid dienone is 2. The third-order valence-corrected chi connectivity index (χ3v) is 2.47. The Morgan fingerprint density at radius 2 is 2.62 bits per heavy atom. The topological polar surface area (TPSA) is 0 Å². The van der Waals surface area contributed by atoms with E-state index >= 15 is 0 Å². The molecule has 8 heavy (non-hydrogen) atoms. The average Bonchev–Trinajstić information content (AvgIpc) is 1.77. The Morgan fingerprint density at radius 1 is 1.88 bits per heavy atom. The van der Waals surface area contributed by atoms with Gasteiger partial charge in [-0.3, -0.25) is 0 Å². The van der Waals surface area contributed by atoms with E-state index in [1.807, 2.05) is 6.08 Å². The van der Waals surface area contributed by atoms with Crippen LogP contribution in [-0.4, -0.2) is 19.3 Å². The molecule has 1 aliphatic heterocycles. The second kappa shape index (κ2) is 2.32. The standard InChI is InChI=1S/C7H7.Al/c1-4-6-7(3)5-2;/h6-7H,2H2,3H3;. The van der Waals surface area contributed by atoms with Crippen LogP contribution in [0, 0.1) is 5.92 Å². The summed E-state index contributed by atoms with van der Waals surface area (Å²) in [5.74, 6) is 0.547. The van der Waals surface area contributed by atoms with Crippen molar-refractivity contribution < 1.29 is 0 Å². The van der Waals surface area contributed by atoms with Gasteiger partial charge in [-0.15, -0.1) is 0 Å². The minimum atomic E-state index is 0.234.